The number of carbonyl (C=O) groups is 1. The number of rotatable bonds is 6. The molecule has 0 radical (unpaired) electrons. The highest BCUT2D eigenvalue weighted by Crippen LogP contribution is 2.16. The van der Waals surface area contributed by atoms with Crippen molar-refractivity contribution in [1.29, 1.82) is 0 Å². The quantitative estimate of drug-likeness (QED) is 0.744. The first-order valence-corrected chi connectivity index (χ1v) is 10.2. The number of pyridine rings is 1. The number of hydrogen-bond acceptors (Lipinski definition) is 6. The molecular formula is C18H22N4O4S. The minimum Gasteiger partial charge on any atom is -0.378 e. The first-order chi connectivity index (χ1) is 12.9. The second kappa shape index (κ2) is 8.47. The summed E-state index contributed by atoms with van der Waals surface area (Å²) in [6.45, 7) is 3.35. The molecule has 0 saturated carbocycles. The highest BCUT2D eigenvalue weighted by atomic mass is 32.2. The average molecular weight is 390 g/mol. The lowest BCUT2D eigenvalue weighted by molar-refractivity contribution is 0.0949. The molecule has 0 atom stereocenters. The number of carbonyl (C=O) groups excluding carboxylic acids is 1. The van der Waals surface area contributed by atoms with Crippen molar-refractivity contribution in [3.05, 3.63) is 53.9 Å². The van der Waals surface area contributed by atoms with Crippen molar-refractivity contribution in [2.24, 2.45) is 5.14 Å². The number of hydrogen-bond donors (Lipinski definition) is 2. The predicted octanol–water partition coefficient (Wildman–Crippen LogP) is 0.538. The molecule has 1 aromatic carbocycles. The van der Waals surface area contributed by atoms with Crippen LogP contribution in [0.1, 0.15) is 16.1 Å². The van der Waals surface area contributed by atoms with Crippen molar-refractivity contribution >= 4 is 21.6 Å². The van der Waals surface area contributed by atoms with E-state index in [0.29, 0.717) is 31.9 Å². The number of aromatic nitrogens is 1. The number of morpholine rings is 1. The van der Waals surface area contributed by atoms with Gasteiger partial charge in [0.1, 0.15) is 5.69 Å². The van der Waals surface area contributed by atoms with Crippen LogP contribution in [0, 0.1) is 0 Å². The van der Waals surface area contributed by atoms with Crippen LogP contribution in [-0.4, -0.2) is 52.2 Å². The summed E-state index contributed by atoms with van der Waals surface area (Å²) >= 11 is 0. The monoisotopic (exact) mass is 390 g/mol. The third-order valence-electron chi connectivity index (χ3n) is 4.30. The van der Waals surface area contributed by atoms with Crippen LogP contribution < -0.4 is 15.4 Å². The lowest BCUT2D eigenvalue weighted by Crippen LogP contribution is -2.36. The number of nitrogens with one attached hydrogen (secondary N) is 1. The third kappa shape index (κ3) is 5.25. The van der Waals surface area contributed by atoms with E-state index < -0.39 is 10.0 Å². The molecule has 8 nitrogen and oxygen atoms in total. The fourth-order valence-electron chi connectivity index (χ4n) is 2.82. The van der Waals surface area contributed by atoms with Gasteiger partial charge in [-0.05, 0) is 36.2 Å². The van der Waals surface area contributed by atoms with Gasteiger partial charge in [0.05, 0.1) is 18.1 Å². The fraction of sp³-hybridized carbons (Fsp3) is 0.333. The van der Waals surface area contributed by atoms with E-state index in [0.717, 1.165) is 24.3 Å². The van der Waals surface area contributed by atoms with Gasteiger partial charge in [0.2, 0.25) is 10.0 Å². The minimum absolute atomic E-state index is 0.0689. The van der Waals surface area contributed by atoms with Crippen LogP contribution in [0.3, 0.4) is 0 Å². The molecule has 3 rings (SSSR count). The van der Waals surface area contributed by atoms with Crippen LogP contribution in [0.15, 0.2) is 47.5 Å². The third-order valence-corrected chi connectivity index (χ3v) is 5.23. The lowest BCUT2D eigenvalue weighted by Gasteiger charge is -2.28. The van der Waals surface area contributed by atoms with E-state index in [1.54, 1.807) is 24.4 Å². The van der Waals surface area contributed by atoms with E-state index >= 15 is 0 Å². The molecule has 3 N–H and O–H groups in total. The molecule has 27 heavy (non-hydrogen) atoms. The maximum absolute atomic E-state index is 12.3. The SMILES string of the molecule is NS(=O)(=O)c1ccc(CCNC(=O)c2cc(N3CCOCC3)ccn2)cc1. The molecule has 1 fully saturated rings. The Bertz CT molecular complexity index is 894. The van der Waals surface area contributed by atoms with Crippen LogP contribution >= 0.6 is 0 Å². The Morgan fingerprint density at radius 2 is 1.89 bits per heavy atom. The molecule has 0 bridgehead atoms. The Morgan fingerprint density at radius 1 is 1.19 bits per heavy atom. The topological polar surface area (TPSA) is 115 Å². The molecule has 9 heteroatoms. The van der Waals surface area contributed by atoms with Crippen LogP contribution in [0.4, 0.5) is 5.69 Å². The summed E-state index contributed by atoms with van der Waals surface area (Å²) in [6.07, 6.45) is 2.20. The summed E-state index contributed by atoms with van der Waals surface area (Å²) < 4.78 is 27.8. The Kier molecular flexibility index (Phi) is 6.04. The van der Waals surface area contributed by atoms with Gasteiger partial charge in [-0.15, -0.1) is 0 Å². The molecule has 1 aromatic heterocycles. The second-order valence-corrected chi connectivity index (χ2v) is 7.75. The number of ether oxygens (including phenoxy) is 1. The summed E-state index contributed by atoms with van der Waals surface area (Å²) in [5, 5.41) is 7.91. The highest BCUT2D eigenvalue weighted by Gasteiger charge is 2.14. The molecule has 0 aliphatic carbocycles. The standard InChI is InChI=1S/C18H22N4O4S/c19-27(24,25)16-3-1-14(2-4-16)5-7-21-18(23)17-13-15(6-8-20-17)22-9-11-26-12-10-22/h1-4,6,8,13H,5,7,9-12H2,(H,21,23)(H2,19,24,25). The average Bonchev–Trinajstić information content (AvgIpc) is 2.68. The number of benzene rings is 1. The molecule has 1 saturated heterocycles. The summed E-state index contributed by atoms with van der Waals surface area (Å²) in [5.74, 6) is -0.244. The Balaban J connectivity index is 1.55. The van der Waals surface area contributed by atoms with Crippen molar-refractivity contribution in [1.82, 2.24) is 10.3 Å². The first kappa shape index (κ1) is 19.3. The van der Waals surface area contributed by atoms with Crippen LogP contribution in [0.25, 0.3) is 0 Å². The zero-order chi connectivity index (χ0) is 19.3. The van der Waals surface area contributed by atoms with E-state index in [1.165, 1.54) is 12.1 Å². The number of primary sulfonamides is 1. The van der Waals surface area contributed by atoms with Crippen molar-refractivity contribution in [2.75, 3.05) is 37.7 Å². The number of sulfonamides is 1. The van der Waals surface area contributed by atoms with E-state index in [-0.39, 0.29) is 10.8 Å². The number of nitrogens with zero attached hydrogens (tertiary/aromatic N) is 2. The second-order valence-electron chi connectivity index (χ2n) is 6.19. The zero-order valence-corrected chi connectivity index (χ0v) is 15.6. The number of amides is 1. The van der Waals surface area contributed by atoms with E-state index in [9.17, 15) is 13.2 Å². The van der Waals surface area contributed by atoms with Crippen LogP contribution in [0.2, 0.25) is 0 Å². The fourth-order valence-corrected chi connectivity index (χ4v) is 3.33. The molecule has 144 valence electrons. The molecule has 2 heterocycles. The number of nitrogens with two attached hydrogens (primary N) is 1. The van der Waals surface area contributed by atoms with Gasteiger partial charge in [-0.25, -0.2) is 13.6 Å². The van der Waals surface area contributed by atoms with E-state index in [1.807, 2.05) is 6.07 Å². The zero-order valence-electron chi connectivity index (χ0n) is 14.8. The molecule has 1 amide bonds. The maximum atomic E-state index is 12.3. The molecule has 0 unspecified atom stereocenters. The predicted molar refractivity (Wildman–Crippen MR) is 101 cm³/mol. The molecule has 1 aliphatic rings. The van der Waals surface area contributed by atoms with Gasteiger partial charge in [0.15, 0.2) is 0 Å². The number of anilines is 1. The molecule has 2 aromatic rings. The maximum Gasteiger partial charge on any atom is 0.269 e. The molecule has 0 spiro atoms. The smallest absolute Gasteiger partial charge is 0.269 e. The van der Waals surface area contributed by atoms with E-state index in [2.05, 4.69) is 15.2 Å². The highest BCUT2D eigenvalue weighted by molar-refractivity contribution is 7.89. The van der Waals surface area contributed by atoms with Gasteiger partial charge >= 0.3 is 0 Å². The summed E-state index contributed by atoms with van der Waals surface area (Å²) in [5.41, 5.74) is 2.22. The van der Waals surface area contributed by atoms with Gasteiger partial charge in [-0.2, -0.15) is 0 Å². The normalized spacial score (nSPS) is 14.8. The lowest BCUT2D eigenvalue weighted by atomic mass is 10.1. The van der Waals surface area contributed by atoms with Crippen molar-refractivity contribution in [3.8, 4) is 0 Å². The Morgan fingerprint density at radius 3 is 2.56 bits per heavy atom. The van der Waals surface area contributed by atoms with Crippen molar-refractivity contribution in [2.45, 2.75) is 11.3 Å². The molecule has 1 aliphatic heterocycles. The van der Waals surface area contributed by atoms with E-state index in [4.69, 9.17) is 9.88 Å². The summed E-state index contributed by atoms with van der Waals surface area (Å²) in [4.78, 5) is 18.7. The minimum atomic E-state index is -3.69. The van der Waals surface area contributed by atoms with Gasteiger partial charge in [-0.3, -0.25) is 9.78 Å². The van der Waals surface area contributed by atoms with Gasteiger partial charge < -0.3 is 15.0 Å². The summed E-state index contributed by atoms with van der Waals surface area (Å²) in [7, 11) is -3.69. The summed E-state index contributed by atoms with van der Waals surface area (Å²) in [6, 6.07) is 9.95. The van der Waals surface area contributed by atoms with Gasteiger partial charge in [0, 0.05) is 31.5 Å². The largest absolute Gasteiger partial charge is 0.378 e. The Hall–Kier alpha value is -2.49. The van der Waals surface area contributed by atoms with Crippen LogP contribution in [-0.2, 0) is 21.2 Å². The Labute approximate surface area is 158 Å². The van der Waals surface area contributed by atoms with Gasteiger partial charge in [0.25, 0.3) is 5.91 Å². The molecular weight excluding hydrogens is 368 g/mol. The first-order valence-electron chi connectivity index (χ1n) is 8.62. The van der Waals surface area contributed by atoms with Crippen molar-refractivity contribution in [3.63, 3.8) is 0 Å². The van der Waals surface area contributed by atoms with Crippen molar-refractivity contribution < 1.29 is 17.9 Å². The van der Waals surface area contributed by atoms with Crippen LogP contribution in [0.5, 0.6) is 0 Å². The van der Waals surface area contributed by atoms with Gasteiger partial charge in [-0.1, -0.05) is 12.1 Å².